The molecule has 2 heterocycles. The second-order valence-corrected chi connectivity index (χ2v) is 9.59. The monoisotopic (exact) mass is 504 g/mol. The molecule has 4 rings (SSSR count). The largest absolute Gasteiger partial charge is 0.338 e. The zero-order valence-electron chi connectivity index (χ0n) is 20.8. The summed E-state index contributed by atoms with van der Waals surface area (Å²) in [6.45, 7) is 5.72. The molecule has 0 spiro atoms. The Labute approximate surface area is 218 Å². The van der Waals surface area contributed by atoms with Crippen LogP contribution in [0.2, 0.25) is 5.02 Å². The third kappa shape index (κ3) is 6.93. The number of carbonyl (C=O) groups is 2. The highest BCUT2D eigenvalue weighted by atomic mass is 35.5. The Morgan fingerprint density at radius 3 is 2.36 bits per heavy atom. The SMILES string of the molecule is CC(=O)N1CCCN(Cc2ccccn2)CCCN(C(=O)Cc2ccccc2Cl)Cc2ccccc21. The van der Waals surface area contributed by atoms with Crippen molar-refractivity contribution >= 4 is 29.1 Å². The number of pyridine rings is 1. The van der Waals surface area contributed by atoms with E-state index in [1.54, 1.807) is 6.92 Å². The molecule has 0 atom stereocenters. The van der Waals surface area contributed by atoms with Crippen molar-refractivity contribution < 1.29 is 9.59 Å². The van der Waals surface area contributed by atoms with Crippen molar-refractivity contribution in [2.45, 2.75) is 39.3 Å². The highest BCUT2D eigenvalue weighted by Gasteiger charge is 2.22. The Kier molecular flexibility index (Phi) is 9.09. The normalized spacial score (nSPS) is 15.5. The number of carbonyl (C=O) groups excluding carboxylic acids is 2. The Morgan fingerprint density at radius 1 is 0.889 bits per heavy atom. The summed E-state index contributed by atoms with van der Waals surface area (Å²) in [4.78, 5) is 36.7. The van der Waals surface area contributed by atoms with E-state index in [1.165, 1.54) is 0 Å². The van der Waals surface area contributed by atoms with Gasteiger partial charge in [-0.15, -0.1) is 0 Å². The minimum Gasteiger partial charge on any atom is -0.338 e. The molecule has 0 N–H and O–H groups in total. The molecule has 0 radical (unpaired) electrons. The van der Waals surface area contributed by atoms with E-state index >= 15 is 0 Å². The highest BCUT2D eigenvalue weighted by Crippen LogP contribution is 2.25. The number of rotatable bonds is 4. The van der Waals surface area contributed by atoms with Crippen LogP contribution in [0.5, 0.6) is 0 Å². The van der Waals surface area contributed by atoms with Crippen LogP contribution in [-0.2, 0) is 29.1 Å². The van der Waals surface area contributed by atoms with Crippen molar-refractivity contribution in [3.8, 4) is 0 Å². The lowest BCUT2D eigenvalue weighted by atomic mass is 10.1. The fourth-order valence-electron chi connectivity index (χ4n) is 4.70. The quantitative estimate of drug-likeness (QED) is 0.504. The van der Waals surface area contributed by atoms with E-state index in [-0.39, 0.29) is 18.2 Å². The van der Waals surface area contributed by atoms with E-state index in [9.17, 15) is 9.59 Å². The number of hydrogen-bond donors (Lipinski definition) is 0. The van der Waals surface area contributed by atoms with Crippen LogP contribution >= 0.6 is 11.6 Å². The maximum Gasteiger partial charge on any atom is 0.227 e. The van der Waals surface area contributed by atoms with Crippen molar-refractivity contribution in [2.24, 2.45) is 0 Å². The molecule has 6 nitrogen and oxygen atoms in total. The summed E-state index contributed by atoms with van der Waals surface area (Å²) in [5.41, 5.74) is 3.69. The number of halogens is 1. The van der Waals surface area contributed by atoms with Gasteiger partial charge in [0.05, 0.1) is 12.1 Å². The molecule has 0 fully saturated rings. The summed E-state index contributed by atoms with van der Waals surface area (Å²) in [6.07, 6.45) is 3.76. The molecule has 3 aromatic rings. The van der Waals surface area contributed by atoms with Crippen LogP contribution in [0.4, 0.5) is 5.69 Å². The van der Waals surface area contributed by atoms with Crippen molar-refractivity contribution in [1.82, 2.24) is 14.8 Å². The molecule has 0 aliphatic carbocycles. The number of benzene rings is 2. The summed E-state index contributed by atoms with van der Waals surface area (Å²) >= 11 is 6.36. The molecule has 0 saturated carbocycles. The Balaban J connectivity index is 1.60. The molecule has 0 bridgehead atoms. The average Bonchev–Trinajstić information content (AvgIpc) is 2.87. The Hall–Kier alpha value is -3.22. The van der Waals surface area contributed by atoms with Gasteiger partial charge in [-0.2, -0.15) is 0 Å². The highest BCUT2D eigenvalue weighted by molar-refractivity contribution is 6.31. The summed E-state index contributed by atoms with van der Waals surface area (Å²) in [5.74, 6) is 0.0327. The van der Waals surface area contributed by atoms with Gasteiger partial charge in [-0.05, 0) is 48.2 Å². The topological polar surface area (TPSA) is 56.8 Å². The maximum atomic E-state index is 13.5. The van der Waals surface area contributed by atoms with Crippen LogP contribution in [-0.4, -0.2) is 52.8 Å². The maximum absolute atomic E-state index is 13.5. The van der Waals surface area contributed by atoms with E-state index in [0.717, 1.165) is 55.0 Å². The first-order chi connectivity index (χ1) is 17.5. The Morgan fingerprint density at radius 2 is 1.61 bits per heavy atom. The number of hydrogen-bond acceptors (Lipinski definition) is 4. The molecule has 1 aliphatic heterocycles. The van der Waals surface area contributed by atoms with Crippen molar-refractivity contribution in [1.29, 1.82) is 0 Å². The molecule has 188 valence electrons. The van der Waals surface area contributed by atoms with Crippen LogP contribution in [0.1, 0.15) is 36.6 Å². The molecule has 36 heavy (non-hydrogen) atoms. The minimum absolute atomic E-state index is 0.00438. The van der Waals surface area contributed by atoms with Crippen molar-refractivity contribution in [3.05, 3.63) is 94.8 Å². The van der Waals surface area contributed by atoms with Gasteiger partial charge in [0, 0.05) is 63.1 Å². The molecular weight excluding hydrogens is 472 g/mol. The second-order valence-electron chi connectivity index (χ2n) is 9.19. The number of para-hydroxylation sites is 1. The molecule has 2 aromatic carbocycles. The first kappa shape index (κ1) is 25.9. The fourth-order valence-corrected chi connectivity index (χ4v) is 4.90. The van der Waals surface area contributed by atoms with Crippen molar-refractivity contribution in [2.75, 3.05) is 31.1 Å². The Bertz CT molecular complexity index is 1170. The lowest BCUT2D eigenvalue weighted by molar-refractivity contribution is -0.131. The fraction of sp³-hybridized carbons (Fsp3) is 0.345. The first-order valence-electron chi connectivity index (χ1n) is 12.5. The molecule has 2 amide bonds. The van der Waals surface area contributed by atoms with Gasteiger partial charge in [0.1, 0.15) is 0 Å². The third-order valence-corrected chi connectivity index (χ3v) is 6.91. The number of amides is 2. The predicted molar refractivity (Wildman–Crippen MR) is 144 cm³/mol. The predicted octanol–water partition coefficient (Wildman–Crippen LogP) is 4.96. The van der Waals surface area contributed by atoms with E-state index in [4.69, 9.17) is 11.6 Å². The molecule has 0 saturated heterocycles. The molecule has 0 unspecified atom stereocenters. The van der Waals surface area contributed by atoms with Gasteiger partial charge >= 0.3 is 0 Å². The summed E-state index contributed by atoms with van der Waals surface area (Å²) in [7, 11) is 0. The van der Waals surface area contributed by atoms with Gasteiger partial charge in [-0.1, -0.05) is 54.1 Å². The third-order valence-electron chi connectivity index (χ3n) is 6.55. The zero-order chi connectivity index (χ0) is 25.3. The van der Waals surface area contributed by atoms with Crippen LogP contribution in [0.25, 0.3) is 0 Å². The van der Waals surface area contributed by atoms with Gasteiger partial charge in [-0.3, -0.25) is 19.5 Å². The lowest BCUT2D eigenvalue weighted by Gasteiger charge is -2.31. The van der Waals surface area contributed by atoms with Gasteiger partial charge < -0.3 is 9.80 Å². The molecule has 1 aromatic heterocycles. The number of fused-ring (bicyclic) bond motifs is 1. The van der Waals surface area contributed by atoms with Gasteiger partial charge in [0.25, 0.3) is 0 Å². The second kappa shape index (κ2) is 12.7. The summed E-state index contributed by atoms with van der Waals surface area (Å²) < 4.78 is 0. The standard InChI is InChI=1S/C29H33ClN4O2/c1-23(35)34-19-9-17-32(22-26-12-6-7-15-31-26)16-8-18-33(21-25-11-3-5-14-28(25)34)29(36)20-24-10-2-4-13-27(24)30/h2-7,10-15H,8-9,16-22H2,1H3. The molecular formula is C29H33ClN4O2. The van der Waals surface area contributed by atoms with Gasteiger partial charge in [0.2, 0.25) is 11.8 Å². The number of anilines is 1. The van der Waals surface area contributed by atoms with E-state index in [0.29, 0.717) is 24.7 Å². The summed E-state index contributed by atoms with van der Waals surface area (Å²) in [5, 5.41) is 0.602. The van der Waals surface area contributed by atoms with E-state index in [1.807, 2.05) is 82.7 Å². The summed E-state index contributed by atoms with van der Waals surface area (Å²) in [6, 6.07) is 21.4. The van der Waals surface area contributed by atoms with Gasteiger partial charge in [-0.25, -0.2) is 0 Å². The van der Waals surface area contributed by atoms with Gasteiger partial charge in [0.15, 0.2) is 0 Å². The number of aromatic nitrogens is 1. The minimum atomic E-state index is 0.00438. The average molecular weight is 505 g/mol. The van der Waals surface area contributed by atoms with Crippen LogP contribution in [0, 0.1) is 0 Å². The molecule has 7 heteroatoms. The van der Waals surface area contributed by atoms with Crippen LogP contribution in [0.15, 0.2) is 72.9 Å². The number of nitrogens with zero attached hydrogens (tertiary/aromatic N) is 4. The first-order valence-corrected chi connectivity index (χ1v) is 12.9. The van der Waals surface area contributed by atoms with E-state index in [2.05, 4.69) is 9.88 Å². The van der Waals surface area contributed by atoms with Crippen LogP contribution < -0.4 is 4.90 Å². The molecule has 1 aliphatic rings. The lowest BCUT2D eigenvalue weighted by Crippen LogP contribution is -2.38. The van der Waals surface area contributed by atoms with Crippen LogP contribution in [0.3, 0.4) is 0 Å². The van der Waals surface area contributed by atoms with Crippen molar-refractivity contribution in [3.63, 3.8) is 0 Å². The van der Waals surface area contributed by atoms with E-state index < -0.39 is 0 Å². The smallest absolute Gasteiger partial charge is 0.227 e. The zero-order valence-corrected chi connectivity index (χ0v) is 21.5.